The summed E-state index contributed by atoms with van der Waals surface area (Å²) >= 11 is 3.63. The van der Waals surface area contributed by atoms with Gasteiger partial charge in [0.15, 0.2) is 0 Å². The number of pyridine rings is 7. The Morgan fingerprint density at radius 3 is 0.968 bits per heavy atom. The van der Waals surface area contributed by atoms with Crippen molar-refractivity contribution >= 4 is 129 Å². The van der Waals surface area contributed by atoms with E-state index in [1.807, 2.05) is 284 Å². The fourth-order valence-corrected chi connectivity index (χ4v) is 16.7. The molecule has 12 aromatic carbocycles. The number of nitrogens with zero attached hydrogens (tertiary/aromatic N) is 7. The SMILES string of the molecule is Cc1ccnc(-c2[c-]cc3sc4ccccc4c3c2)c1.Cc1ccnc(-c2[c-]ccc3c2sc2ccccc23)c1.[Ir].[Ir].[Ir].[Ir].[Ir].[c-]1ccc2c(oc3ccccc32)c1-c1ccccn1.[c-]1ccc2c(oc3ccccc32)c1-c1ccccn1.[c-]1ccc2c(oc3ccccc32)c1-c1ccccn1.[c-]1ccccc1-c1ccccn1.[c-]1ccccc1-c1ccccn1. The van der Waals surface area contributed by atoms with Crippen molar-refractivity contribution in [1.29, 1.82) is 0 Å². The topological polar surface area (TPSA) is 130 Å². The number of thiophene rings is 2. The monoisotopic (exact) mass is 2550 g/mol. The van der Waals surface area contributed by atoms with Gasteiger partial charge in [-0.05, 0) is 147 Å². The summed E-state index contributed by atoms with van der Waals surface area (Å²) < 4.78 is 23.1. The Labute approximate surface area is 804 Å². The van der Waals surface area contributed by atoms with Crippen molar-refractivity contribution < 1.29 is 114 Å². The van der Waals surface area contributed by atoms with Gasteiger partial charge in [0.2, 0.25) is 0 Å². The fraction of sp³-hybridized carbons (Fsp3) is 0.0183. The Morgan fingerprint density at radius 2 is 0.563 bits per heavy atom. The normalized spacial score (nSPS) is 10.5. The Hall–Kier alpha value is -12.2. The van der Waals surface area contributed by atoms with Gasteiger partial charge in [-0.15, -0.1) is 174 Å². The van der Waals surface area contributed by atoms with Crippen molar-refractivity contribution in [2.45, 2.75) is 13.8 Å². The average Bonchev–Trinajstić information content (AvgIpc) is 1.61. The van der Waals surface area contributed by atoms with Gasteiger partial charge in [-0.25, -0.2) is 0 Å². The molecule has 0 aliphatic heterocycles. The molecule has 0 atom stereocenters. The summed E-state index contributed by atoms with van der Waals surface area (Å²) in [6.45, 7) is 4.18. The van der Waals surface area contributed by atoms with Crippen LogP contribution in [0.1, 0.15) is 11.1 Å². The minimum Gasteiger partial charge on any atom is -0.501 e. The van der Waals surface area contributed by atoms with Crippen molar-refractivity contribution in [2.24, 2.45) is 0 Å². The third kappa shape index (κ3) is 21.0. The van der Waals surface area contributed by atoms with Gasteiger partial charge >= 0.3 is 0 Å². The van der Waals surface area contributed by atoms with Gasteiger partial charge in [0.05, 0.1) is 16.7 Å². The molecule has 17 heteroatoms. The van der Waals surface area contributed by atoms with Gasteiger partial charge in [-0.1, -0.05) is 219 Å². The molecule has 0 fully saturated rings. The number of fused-ring (bicyclic) bond motifs is 15. The number of aromatic nitrogens is 7. The molecule has 623 valence electrons. The van der Waals surface area contributed by atoms with Crippen molar-refractivity contribution in [3.8, 4) is 78.8 Å². The number of hydrogen-bond acceptors (Lipinski definition) is 12. The Morgan fingerprint density at radius 1 is 0.222 bits per heavy atom. The van der Waals surface area contributed by atoms with Crippen molar-refractivity contribution in [2.75, 3.05) is 0 Å². The quantitative estimate of drug-likeness (QED) is 0.142. The first-order valence-electron chi connectivity index (χ1n) is 39.3. The van der Waals surface area contributed by atoms with E-state index >= 15 is 0 Å². The molecule has 0 aliphatic carbocycles. The van der Waals surface area contributed by atoms with E-state index in [1.165, 1.54) is 51.5 Å². The average molecular weight is 2550 g/mol. The predicted molar refractivity (Wildman–Crippen MR) is 497 cm³/mol. The maximum Gasteiger partial charge on any atom is 0.120 e. The molecule has 10 nitrogen and oxygen atoms in total. The number of para-hydroxylation sites is 3. The number of rotatable bonds is 7. The molecule has 12 aromatic heterocycles. The van der Waals surface area contributed by atoms with E-state index in [0.717, 1.165) is 145 Å². The minimum atomic E-state index is 0. The first-order valence-corrected chi connectivity index (χ1v) is 41.0. The standard InChI is InChI=1S/2C18H12NS.3C17H10NO.2C11H8N.5Ir/c1-12-9-10-19-16(11-12)15-7-4-6-14-13-5-2-3-8-17(13)20-18(14)15;1-12-8-9-19-16(10-12)13-6-7-18-15(11-13)14-4-2-3-5-17(14)20-18;3*1-2-10-16-12(6-1)13-7-5-8-14(17(13)19-16)15-9-3-4-11-18-15;2*1-2-6-10(7-3-1)11-8-4-5-9-12-11;;;;;/h2-6,8-11H,1H3;2-5,7-11H,1H3;3*1-7,9-11H;2*1-6,8-9H;;;;;/q7*-1;;;;;. The summed E-state index contributed by atoms with van der Waals surface area (Å²) in [5.41, 5.74) is 21.2. The first kappa shape index (κ1) is 91.5. The molecule has 0 amide bonds. The zero-order valence-electron chi connectivity index (χ0n) is 67.3. The molecule has 0 saturated heterocycles. The number of furan rings is 3. The molecule has 0 saturated carbocycles. The van der Waals surface area contributed by atoms with Crippen LogP contribution in [0.25, 0.3) is 185 Å². The van der Waals surface area contributed by atoms with Gasteiger partial charge in [0.25, 0.3) is 0 Å². The van der Waals surface area contributed by atoms with E-state index in [9.17, 15) is 0 Å². The van der Waals surface area contributed by atoms with Crippen LogP contribution in [0.3, 0.4) is 0 Å². The largest absolute Gasteiger partial charge is 0.501 e. The van der Waals surface area contributed by atoms with Crippen LogP contribution in [0.15, 0.2) is 402 Å². The molecule has 126 heavy (non-hydrogen) atoms. The van der Waals surface area contributed by atoms with Crippen LogP contribution in [0.2, 0.25) is 0 Å². The number of benzene rings is 12. The molecule has 0 spiro atoms. The van der Waals surface area contributed by atoms with E-state index in [4.69, 9.17) is 13.3 Å². The van der Waals surface area contributed by atoms with Crippen LogP contribution < -0.4 is 0 Å². The second-order valence-corrected chi connectivity index (χ2v) is 30.2. The number of aryl methyl sites for hydroxylation is 2. The van der Waals surface area contributed by atoms with Gasteiger partial charge < -0.3 is 48.1 Å². The molecular weight excluding hydrogens is 2480 g/mol. The van der Waals surface area contributed by atoms with E-state index in [0.29, 0.717) is 0 Å². The van der Waals surface area contributed by atoms with Crippen LogP contribution in [-0.2, 0) is 101 Å². The second kappa shape index (κ2) is 44.1. The molecular formula is C109H70Ir5N7O3S2-7. The second-order valence-electron chi connectivity index (χ2n) is 28.1. The molecule has 24 aromatic rings. The molecule has 0 unspecified atom stereocenters. The summed E-state index contributed by atoms with van der Waals surface area (Å²) in [7, 11) is 0. The van der Waals surface area contributed by atoms with Crippen molar-refractivity contribution in [1.82, 2.24) is 34.9 Å². The summed E-state index contributed by atoms with van der Waals surface area (Å²) in [6, 6.07) is 137. The summed E-state index contributed by atoms with van der Waals surface area (Å²) in [5, 5.41) is 11.9. The van der Waals surface area contributed by atoms with Gasteiger partial charge in [0.1, 0.15) is 16.7 Å². The third-order valence-electron chi connectivity index (χ3n) is 20.1. The fourth-order valence-electron chi connectivity index (χ4n) is 14.4. The molecule has 0 bridgehead atoms. The van der Waals surface area contributed by atoms with E-state index in [2.05, 4.69) is 188 Å². The van der Waals surface area contributed by atoms with E-state index < -0.39 is 0 Å². The van der Waals surface area contributed by atoms with Crippen LogP contribution in [0.4, 0.5) is 0 Å². The third-order valence-corrected chi connectivity index (χ3v) is 22.4. The maximum absolute atomic E-state index is 5.97. The Bertz CT molecular complexity index is 7130. The molecule has 24 rings (SSSR count). The van der Waals surface area contributed by atoms with E-state index in [-0.39, 0.29) is 101 Å². The zero-order chi connectivity index (χ0) is 81.5. The molecule has 0 aliphatic rings. The summed E-state index contributed by atoms with van der Waals surface area (Å²) in [4.78, 5) is 30.5. The van der Waals surface area contributed by atoms with Crippen LogP contribution in [0, 0.1) is 56.3 Å². The summed E-state index contributed by atoms with van der Waals surface area (Å²) in [6.07, 6.45) is 12.6. The predicted octanol–water partition coefficient (Wildman–Crippen LogP) is 28.9. The zero-order valence-corrected chi connectivity index (χ0v) is 80.9. The first-order chi connectivity index (χ1) is 59.9. The maximum atomic E-state index is 5.97. The Balaban J connectivity index is 0.000000126. The van der Waals surface area contributed by atoms with E-state index in [1.54, 1.807) is 31.0 Å². The van der Waals surface area contributed by atoms with Crippen molar-refractivity contribution in [3.05, 3.63) is 443 Å². The van der Waals surface area contributed by atoms with Gasteiger partial charge in [0, 0.05) is 169 Å². The van der Waals surface area contributed by atoms with Crippen LogP contribution >= 0.6 is 22.7 Å². The van der Waals surface area contributed by atoms with Crippen LogP contribution in [0.5, 0.6) is 0 Å². The molecule has 0 N–H and O–H groups in total. The smallest absolute Gasteiger partial charge is 0.120 e. The van der Waals surface area contributed by atoms with Crippen molar-refractivity contribution in [3.63, 3.8) is 0 Å². The molecule has 12 heterocycles. The Kier molecular flexibility index (Phi) is 32.0. The minimum absolute atomic E-state index is 0. The van der Waals surface area contributed by atoms with Gasteiger partial charge in [-0.3, -0.25) is 0 Å². The van der Waals surface area contributed by atoms with Crippen LogP contribution in [-0.4, -0.2) is 34.9 Å². The number of hydrogen-bond donors (Lipinski definition) is 0. The summed E-state index contributed by atoms with van der Waals surface area (Å²) in [5.74, 6) is 0. The van der Waals surface area contributed by atoms with Gasteiger partial charge in [-0.2, -0.15) is 22.7 Å². The molecule has 5 radical (unpaired) electrons.